The summed E-state index contributed by atoms with van der Waals surface area (Å²) in [5.74, 6) is -0.0879. The Morgan fingerprint density at radius 2 is 1.79 bits per heavy atom. The van der Waals surface area contributed by atoms with Crippen LogP contribution in [-0.2, 0) is 5.41 Å². The smallest absolute Gasteiger partial charge is 0.162 e. The van der Waals surface area contributed by atoms with Crippen molar-refractivity contribution in [2.45, 2.75) is 26.2 Å². The van der Waals surface area contributed by atoms with Crippen molar-refractivity contribution in [2.24, 2.45) is 0 Å². The number of benzene rings is 1. The molecule has 5 heteroatoms. The lowest BCUT2D eigenvalue weighted by atomic mass is 9.92. The van der Waals surface area contributed by atoms with Gasteiger partial charge in [0, 0.05) is 23.1 Å². The van der Waals surface area contributed by atoms with Crippen molar-refractivity contribution in [2.75, 3.05) is 5.73 Å². The predicted molar refractivity (Wildman–Crippen MR) is 72.2 cm³/mol. The van der Waals surface area contributed by atoms with Crippen molar-refractivity contribution in [1.29, 1.82) is 0 Å². The highest BCUT2D eigenvalue weighted by Gasteiger charge is 2.18. The van der Waals surface area contributed by atoms with Crippen LogP contribution >= 0.6 is 0 Å². The van der Waals surface area contributed by atoms with Gasteiger partial charge in [0.15, 0.2) is 5.82 Å². The fourth-order valence-electron chi connectivity index (χ4n) is 1.68. The number of phenolic OH excluding ortho intramolecular Hbond substituents is 1. The van der Waals surface area contributed by atoms with Crippen LogP contribution in [-0.4, -0.2) is 15.1 Å². The molecular formula is C14H16FN3O. The Bertz CT molecular complexity index is 600. The monoisotopic (exact) mass is 261 g/mol. The molecule has 0 aliphatic heterocycles. The molecule has 0 aliphatic carbocycles. The standard InChI is InChI=1S/C14H16FN3O/c1-14(2,3)11-7-12(16)18-13(17-11)8-4-9(15)6-10(19)5-8/h4-7,19H,1-3H3,(H2,16,17,18). The maximum absolute atomic E-state index is 13.3. The van der Waals surface area contributed by atoms with Crippen molar-refractivity contribution in [3.05, 3.63) is 35.8 Å². The third-order valence-corrected chi connectivity index (χ3v) is 2.66. The molecule has 0 amide bonds. The number of nitrogens with two attached hydrogens (primary N) is 1. The van der Waals surface area contributed by atoms with E-state index >= 15 is 0 Å². The maximum atomic E-state index is 13.3. The number of hydrogen-bond donors (Lipinski definition) is 2. The van der Waals surface area contributed by atoms with Gasteiger partial charge in [0.05, 0.1) is 5.69 Å². The largest absolute Gasteiger partial charge is 0.508 e. The molecule has 0 fully saturated rings. The highest BCUT2D eigenvalue weighted by Crippen LogP contribution is 2.27. The van der Waals surface area contributed by atoms with Crippen molar-refractivity contribution in [3.8, 4) is 17.1 Å². The fraction of sp³-hybridized carbons (Fsp3) is 0.286. The van der Waals surface area contributed by atoms with Crippen LogP contribution in [0.5, 0.6) is 5.75 Å². The van der Waals surface area contributed by atoms with Gasteiger partial charge in [-0.3, -0.25) is 0 Å². The van der Waals surface area contributed by atoms with Gasteiger partial charge in [-0.2, -0.15) is 0 Å². The zero-order chi connectivity index (χ0) is 14.2. The minimum absolute atomic E-state index is 0.168. The van der Waals surface area contributed by atoms with Crippen LogP contribution < -0.4 is 5.73 Å². The summed E-state index contributed by atoms with van der Waals surface area (Å²) in [5.41, 5.74) is 6.73. The topological polar surface area (TPSA) is 72.0 Å². The van der Waals surface area contributed by atoms with E-state index in [0.717, 1.165) is 11.8 Å². The van der Waals surface area contributed by atoms with E-state index in [1.165, 1.54) is 12.1 Å². The highest BCUT2D eigenvalue weighted by molar-refractivity contribution is 5.59. The van der Waals surface area contributed by atoms with Crippen LogP contribution in [0.15, 0.2) is 24.3 Å². The molecule has 0 saturated carbocycles. The minimum Gasteiger partial charge on any atom is -0.508 e. The molecular weight excluding hydrogens is 245 g/mol. The molecule has 0 atom stereocenters. The van der Waals surface area contributed by atoms with E-state index in [1.54, 1.807) is 6.07 Å². The molecule has 0 saturated heterocycles. The molecule has 1 aromatic heterocycles. The van der Waals surface area contributed by atoms with E-state index in [1.807, 2.05) is 20.8 Å². The Hall–Kier alpha value is -2.17. The van der Waals surface area contributed by atoms with E-state index in [9.17, 15) is 9.50 Å². The molecule has 4 nitrogen and oxygen atoms in total. The van der Waals surface area contributed by atoms with E-state index in [2.05, 4.69) is 9.97 Å². The van der Waals surface area contributed by atoms with Gasteiger partial charge in [0.2, 0.25) is 0 Å². The lowest BCUT2D eigenvalue weighted by Gasteiger charge is -2.18. The molecule has 2 aromatic rings. The van der Waals surface area contributed by atoms with Gasteiger partial charge in [0.1, 0.15) is 17.4 Å². The van der Waals surface area contributed by atoms with Crippen molar-refractivity contribution < 1.29 is 9.50 Å². The van der Waals surface area contributed by atoms with E-state index < -0.39 is 5.82 Å². The molecule has 0 bridgehead atoms. The minimum atomic E-state index is -0.543. The van der Waals surface area contributed by atoms with Gasteiger partial charge >= 0.3 is 0 Å². The number of hydrogen-bond acceptors (Lipinski definition) is 4. The van der Waals surface area contributed by atoms with Gasteiger partial charge in [-0.15, -0.1) is 0 Å². The number of rotatable bonds is 1. The number of halogens is 1. The van der Waals surface area contributed by atoms with Gasteiger partial charge in [0.25, 0.3) is 0 Å². The SMILES string of the molecule is CC(C)(C)c1cc(N)nc(-c2cc(O)cc(F)c2)n1. The van der Waals surface area contributed by atoms with Crippen molar-refractivity contribution in [1.82, 2.24) is 9.97 Å². The Labute approximate surface area is 111 Å². The number of nitrogen functional groups attached to an aromatic ring is 1. The van der Waals surface area contributed by atoms with Crippen LogP contribution in [0.25, 0.3) is 11.4 Å². The second-order valence-corrected chi connectivity index (χ2v) is 5.45. The van der Waals surface area contributed by atoms with Gasteiger partial charge in [-0.1, -0.05) is 20.8 Å². The Morgan fingerprint density at radius 1 is 1.11 bits per heavy atom. The Kier molecular flexibility index (Phi) is 3.14. The van der Waals surface area contributed by atoms with E-state index in [-0.39, 0.29) is 11.2 Å². The molecule has 19 heavy (non-hydrogen) atoms. The zero-order valence-corrected chi connectivity index (χ0v) is 11.1. The van der Waals surface area contributed by atoms with Gasteiger partial charge in [-0.05, 0) is 12.1 Å². The second-order valence-electron chi connectivity index (χ2n) is 5.45. The van der Waals surface area contributed by atoms with Crippen LogP contribution in [0.2, 0.25) is 0 Å². The first-order chi connectivity index (χ1) is 8.75. The van der Waals surface area contributed by atoms with Gasteiger partial charge < -0.3 is 10.8 Å². The summed E-state index contributed by atoms with van der Waals surface area (Å²) in [5, 5.41) is 9.43. The summed E-state index contributed by atoms with van der Waals surface area (Å²) in [6.07, 6.45) is 0. The third kappa shape index (κ3) is 2.99. The first-order valence-corrected chi connectivity index (χ1v) is 5.91. The lowest BCUT2D eigenvalue weighted by molar-refractivity contribution is 0.469. The van der Waals surface area contributed by atoms with Crippen LogP contribution in [0.4, 0.5) is 10.2 Å². The number of aromatic hydroxyl groups is 1. The van der Waals surface area contributed by atoms with E-state index in [0.29, 0.717) is 17.2 Å². The molecule has 3 N–H and O–H groups in total. The number of aromatic nitrogens is 2. The van der Waals surface area contributed by atoms with Crippen molar-refractivity contribution in [3.63, 3.8) is 0 Å². The Balaban J connectivity index is 2.59. The summed E-state index contributed by atoms with van der Waals surface area (Å²) in [4.78, 5) is 8.48. The highest BCUT2D eigenvalue weighted by atomic mass is 19.1. The number of nitrogens with zero attached hydrogens (tertiary/aromatic N) is 2. The van der Waals surface area contributed by atoms with Crippen LogP contribution in [0.1, 0.15) is 26.5 Å². The molecule has 0 unspecified atom stereocenters. The summed E-state index contributed by atoms with van der Waals surface area (Å²) < 4.78 is 13.3. The van der Waals surface area contributed by atoms with Crippen LogP contribution in [0.3, 0.4) is 0 Å². The second kappa shape index (κ2) is 4.50. The fourth-order valence-corrected chi connectivity index (χ4v) is 1.68. The molecule has 1 heterocycles. The summed E-state index contributed by atoms with van der Waals surface area (Å²) in [7, 11) is 0. The van der Waals surface area contributed by atoms with Gasteiger partial charge in [-0.25, -0.2) is 14.4 Å². The molecule has 0 radical (unpaired) electrons. The number of anilines is 1. The average molecular weight is 261 g/mol. The average Bonchev–Trinajstić information content (AvgIpc) is 2.25. The first kappa shape index (κ1) is 13.3. The normalized spacial score (nSPS) is 11.6. The number of phenols is 1. The maximum Gasteiger partial charge on any atom is 0.162 e. The summed E-state index contributed by atoms with van der Waals surface area (Å²) >= 11 is 0. The quantitative estimate of drug-likeness (QED) is 0.828. The molecule has 0 spiro atoms. The summed E-state index contributed by atoms with van der Waals surface area (Å²) in [6.45, 7) is 6.00. The van der Waals surface area contributed by atoms with Crippen molar-refractivity contribution >= 4 is 5.82 Å². The van der Waals surface area contributed by atoms with E-state index in [4.69, 9.17) is 5.73 Å². The lowest BCUT2D eigenvalue weighted by Crippen LogP contribution is -2.15. The molecule has 0 aliphatic rings. The molecule has 2 rings (SSSR count). The predicted octanol–water partition coefficient (Wildman–Crippen LogP) is 2.87. The zero-order valence-electron chi connectivity index (χ0n) is 11.1. The molecule has 1 aromatic carbocycles. The molecule has 100 valence electrons. The van der Waals surface area contributed by atoms with Crippen LogP contribution in [0, 0.1) is 5.82 Å². The Morgan fingerprint density at radius 3 is 2.37 bits per heavy atom. The summed E-state index contributed by atoms with van der Waals surface area (Å²) in [6, 6.07) is 5.40. The first-order valence-electron chi connectivity index (χ1n) is 5.91. The third-order valence-electron chi connectivity index (χ3n) is 2.66.